The van der Waals surface area contributed by atoms with E-state index in [1.807, 2.05) is 12.1 Å². The third-order valence-corrected chi connectivity index (χ3v) is 7.65. The molecule has 3 fully saturated rings. The molecular weight excluding hydrogens is 421 g/mol. The molecule has 4 N–H and O–H groups in total. The van der Waals surface area contributed by atoms with Crippen LogP contribution in [0, 0.1) is 11.2 Å². The molecule has 1 spiro atoms. The lowest BCUT2D eigenvalue weighted by Gasteiger charge is -2.45. The van der Waals surface area contributed by atoms with Crippen LogP contribution in [-0.2, 0) is 0 Å². The van der Waals surface area contributed by atoms with Gasteiger partial charge in [-0.3, -0.25) is 4.79 Å². The number of halogens is 1. The van der Waals surface area contributed by atoms with E-state index in [-0.39, 0.29) is 23.5 Å². The number of primary amides is 1. The van der Waals surface area contributed by atoms with Gasteiger partial charge in [0.1, 0.15) is 5.82 Å². The number of anilines is 4. The molecule has 0 radical (unpaired) electrons. The van der Waals surface area contributed by atoms with E-state index in [0.29, 0.717) is 22.6 Å². The highest BCUT2D eigenvalue weighted by molar-refractivity contribution is 5.95. The predicted molar refractivity (Wildman–Crippen MR) is 126 cm³/mol. The van der Waals surface area contributed by atoms with E-state index >= 15 is 4.39 Å². The Bertz CT molecular complexity index is 1010. The Balaban J connectivity index is 1.27. The fourth-order valence-electron chi connectivity index (χ4n) is 5.39. The molecule has 1 aromatic carbocycles. The zero-order chi connectivity index (χ0) is 22.8. The van der Waals surface area contributed by atoms with Gasteiger partial charge in [-0.25, -0.2) is 4.39 Å². The minimum absolute atomic E-state index is 0.00909. The maximum Gasteiger partial charge on any atom is 0.273 e. The number of benzene rings is 1. The van der Waals surface area contributed by atoms with Gasteiger partial charge >= 0.3 is 0 Å². The fraction of sp³-hybridized carbons (Fsp3) is 0.583. The lowest BCUT2D eigenvalue weighted by atomic mass is 9.68. The van der Waals surface area contributed by atoms with Crippen LogP contribution >= 0.6 is 0 Å². The van der Waals surface area contributed by atoms with Gasteiger partial charge in [0, 0.05) is 24.8 Å². The van der Waals surface area contributed by atoms with Crippen molar-refractivity contribution in [2.45, 2.75) is 70.3 Å². The molecule has 0 bridgehead atoms. The van der Waals surface area contributed by atoms with Gasteiger partial charge in [-0.15, -0.1) is 10.2 Å². The topological polar surface area (TPSA) is 109 Å². The van der Waals surface area contributed by atoms with E-state index in [1.165, 1.54) is 38.2 Å². The van der Waals surface area contributed by atoms with Gasteiger partial charge in [-0.2, -0.15) is 4.98 Å². The second-order valence-electron chi connectivity index (χ2n) is 9.81. The zero-order valence-electron chi connectivity index (χ0n) is 18.9. The summed E-state index contributed by atoms with van der Waals surface area (Å²) in [5, 5.41) is 14.1. The van der Waals surface area contributed by atoms with Gasteiger partial charge in [0.2, 0.25) is 5.95 Å². The van der Waals surface area contributed by atoms with E-state index in [2.05, 4.69) is 30.7 Å². The molecule has 3 aliphatic rings. The quantitative estimate of drug-likeness (QED) is 0.596. The number of aromatic nitrogens is 3. The summed E-state index contributed by atoms with van der Waals surface area (Å²) in [6.45, 7) is 1.81. The zero-order valence-corrected chi connectivity index (χ0v) is 18.9. The molecule has 1 amide bonds. The molecule has 5 rings (SSSR count). The van der Waals surface area contributed by atoms with Crippen LogP contribution in [0.4, 0.5) is 27.5 Å². The molecule has 1 saturated heterocycles. The standard InChI is InChI=1S/C24H32FN7O/c25-18-15-17(7-8-19(18)32-13-11-24(12-14-32)9-2-1-3-10-24)28-23-29-22(27-16-5-4-6-16)20(21(26)33)30-31-23/h7-8,15-16H,1-6,9-14H2,(H2,26,33)(H2,27,28,29,31). The van der Waals surface area contributed by atoms with Crippen molar-refractivity contribution in [2.24, 2.45) is 11.1 Å². The highest BCUT2D eigenvalue weighted by atomic mass is 19.1. The second-order valence-corrected chi connectivity index (χ2v) is 9.81. The van der Waals surface area contributed by atoms with Gasteiger partial charge in [0.05, 0.1) is 5.69 Å². The van der Waals surface area contributed by atoms with E-state index in [0.717, 1.165) is 45.2 Å². The van der Waals surface area contributed by atoms with Crippen LogP contribution in [0.5, 0.6) is 0 Å². The van der Waals surface area contributed by atoms with E-state index in [9.17, 15) is 4.79 Å². The summed E-state index contributed by atoms with van der Waals surface area (Å²) in [4.78, 5) is 18.2. The monoisotopic (exact) mass is 453 g/mol. The smallest absolute Gasteiger partial charge is 0.273 e. The Morgan fingerprint density at radius 3 is 2.45 bits per heavy atom. The van der Waals surface area contributed by atoms with E-state index < -0.39 is 5.91 Å². The molecule has 176 valence electrons. The van der Waals surface area contributed by atoms with Crippen molar-refractivity contribution < 1.29 is 9.18 Å². The van der Waals surface area contributed by atoms with Crippen molar-refractivity contribution in [3.63, 3.8) is 0 Å². The second kappa shape index (κ2) is 9.11. The maximum absolute atomic E-state index is 15.0. The molecule has 8 nitrogen and oxygen atoms in total. The molecule has 1 aliphatic heterocycles. The summed E-state index contributed by atoms with van der Waals surface area (Å²) < 4.78 is 15.0. The molecule has 0 unspecified atom stereocenters. The lowest BCUT2D eigenvalue weighted by molar-refractivity contribution is 0.0995. The molecule has 0 atom stereocenters. The normalized spacial score (nSPS) is 20.3. The molecule has 33 heavy (non-hydrogen) atoms. The Morgan fingerprint density at radius 2 is 1.82 bits per heavy atom. The lowest BCUT2D eigenvalue weighted by Crippen LogP contribution is -2.41. The van der Waals surface area contributed by atoms with Crippen LogP contribution in [0.2, 0.25) is 0 Å². The van der Waals surface area contributed by atoms with Crippen molar-refractivity contribution >= 4 is 29.0 Å². The summed E-state index contributed by atoms with van der Waals surface area (Å²) in [5.41, 5.74) is 7.07. The fourth-order valence-corrected chi connectivity index (χ4v) is 5.39. The third kappa shape index (κ3) is 4.72. The highest BCUT2D eigenvalue weighted by Gasteiger charge is 2.36. The molecule has 9 heteroatoms. The van der Waals surface area contributed by atoms with Gasteiger partial charge in [-0.05, 0) is 68.6 Å². The Hall–Kier alpha value is -2.97. The summed E-state index contributed by atoms with van der Waals surface area (Å²) in [6.07, 6.45) is 12.1. The van der Waals surface area contributed by atoms with Crippen molar-refractivity contribution in [2.75, 3.05) is 28.6 Å². The van der Waals surface area contributed by atoms with Gasteiger partial charge in [-0.1, -0.05) is 19.3 Å². The number of carbonyl (C=O) groups excluding carboxylic acids is 1. The first-order valence-corrected chi connectivity index (χ1v) is 12.1. The number of carbonyl (C=O) groups is 1. The summed E-state index contributed by atoms with van der Waals surface area (Å²) >= 11 is 0. The molecule has 2 aliphatic carbocycles. The van der Waals surface area contributed by atoms with Crippen LogP contribution in [0.25, 0.3) is 0 Å². The van der Waals surface area contributed by atoms with Crippen LogP contribution in [0.3, 0.4) is 0 Å². The van der Waals surface area contributed by atoms with Crippen molar-refractivity contribution in [3.8, 4) is 0 Å². The van der Waals surface area contributed by atoms with Crippen molar-refractivity contribution in [1.29, 1.82) is 0 Å². The Morgan fingerprint density at radius 1 is 1.06 bits per heavy atom. The van der Waals surface area contributed by atoms with Gasteiger partial charge in [0.25, 0.3) is 5.91 Å². The minimum atomic E-state index is -0.685. The van der Waals surface area contributed by atoms with E-state index in [4.69, 9.17) is 5.73 Å². The number of amides is 1. The van der Waals surface area contributed by atoms with Gasteiger partial charge in [0.15, 0.2) is 11.5 Å². The summed E-state index contributed by atoms with van der Waals surface area (Å²) in [5.74, 6) is -0.456. The average Bonchev–Trinajstić information content (AvgIpc) is 2.78. The average molecular weight is 454 g/mol. The summed E-state index contributed by atoms with van der Waals surface area (Å²) in [6, 6.07) is 5.36. The predicted octanol–water partition coefficient (Wildman–Crippen LogP) is 4.37. The number of hydrogen-bond donors (Lipinski definition) is 3. The number of hydrogen-bond acceptors (Lipinski definition) is 7. The highest BCUT2D eigenvalue weighted by Crippen LogP contribution is 2.45. The number of nitrogens with zero attached hydrogens (tertiary/aromatic N) is 4. The van der Waals surface area contributed by atoms with Crippen LogP contribution < -0.4 is 21.3 Å². The summed E-state index contributed by atoms with van der Waals surface area (Å²) in [7, 11) is 0. The molecule has 1 aromatic heterocycles. The molecule has 2 heterocycles. The largest absolute Gasteiger partial charge is 0.369 e. The minimum Gasteiger partial charge on any atom is -0.369 e. The molecule has 2 aromatic rings. The number of rotatable bonds is 6. The molecular formula is C24H32FN7O. The first kappa shape index (κ1) is 21.9. The number of nitrogens with one attached hydrogen (secondary N) is 2. The third-order valence-electron chi connectivity index (χ3n) is 7.65. The first-order valence-electron chi connectivity index (χ1n) is 12.1. The SMILES string of the molecule is NC(=O)c1nnc(Nc2ccc(N3CCC4(CCCCC4)CC3)c(F)c2)nc1NC1CCC1. The Labute approximate surface area is 193 Å². The van der Waals surface area contributed by atoms with Crippen LogP contribution in [0.15, 0.2) is 18.2 Å². The molecule has 2 saturated carbocycles. The van der Waals surface area contributed by atoms with Crippen LogP contribution in [0.1, 0.15) is 74.7 Å². The van der Waals surface area contributed by atoms with Crippen LogP contribution in [-0.4, -0.2) is 40.2 Å². The van der Waals surface area contributed by atoms with E-state index in [1.54, 1.807) is 0 Å². The first-order chi connectivity index (χ1) is 16.0. The van der Waals surface area contributed by atoms with Crippen molar-refractivity contribution in [3.05, 3.63) is 29.7 Å². The van der Waals surface area contributed by atoms with Gasteiger partial charge < -0.3 is 21.3 Å². The number of nitrogens with two attached hydrogens (primary N) is 1. The van der Waals surface area contributed by atoms with Crippen molar-refractivity contribution in [1.82, 2.24) is 15.2 Å². The maximum atomic E-state index is 15.0. The Kier molecular flexibility index (Phi) is 6.03. The number of piperidine rings is 1.